The lowest BCUT2D eigenvalue weighted by molar-refractivity contribution is -0.129. The maximum Gasteiger partial charge on any atom is 0.247 e. The smallest absolute Gasteiger partial charge is 0.247 e. The number of hydrogen-bond acceptors (Lipinski definition) is 2. The fourth-order valence-electron chi connectivity index (χ4n) is 4.54. The average molecular weight is 374 g/mol. The number of nitrogens with two attached hydrogens (primary N) is 1. The van der Waals surface area contributed by atoms with Gasteiger partial charge in [0.25, 0.3) is 0 Å². The first kappa shape index (κ1) is 18.4. The number of hydrogen-bond donors (Lipinski definition) is 1. The summed E-state index contributed by atoms with van der Waals surface area (Å²) in [5.41, 5.74) is 9.26. The van der Waals surface area contributed by atoms with Gasteiger partial charge in [-0.25, -0.2) is 4.39 Å². The number of aryl methyl sites for hydroxylation is 1. The van der Waals surface area contributed by atoms with Gasteiger partial charge in [-0.1, -0.05) is 60.7 Å². The lowest BCUT2D eigenvalue weighted by atomic mass is 9.79. The Balaban J connectivity index is 2.01. The van der Waals surface area contributed by atoms with Crippen molar-refractivity contribution in [2.75, 3.05) is 0 Å². The average Bonchev–Trinajstić information content (AvgIpc) is 2.92. The van der Waals surface area contributed by atoms with Gasteiger partial charge >= 0.3 is 0 Å². The Bertz CT molecular complexity index is 1030. The molecule has 4 rings (SSSR count). The Hall–Kier alpha value is -2.98. The molecule has 1 heterocycles. The van der Waals surface area contributed by atoms with E-state index < -0.39 is 11.4 Å². The molecule has 0 fully saturated rings. The molecular formula is C24H23FN2O. The van der Waals surface area contributed by atoms with E-state index in [4.69, 9.17) is 5.73 Å². The van der Waals surface area contributed by atoms with Gasteiger partial charge in [0.05, 0.1) is 0 Å². The molecule has 0 spiro atoms. The van der Waals surface area contributed by atoms with Gasteiger partial charge in [0.1, 0.15) is 5.82 Å². The third kappa shape index (κ3) is 2.64. The van der Waals surface area contributed by atoms with Crippen LogP contribution in [0.5, 0.6) is 0 Å². The van der Waals surface area contributed by atoms with Crippen LogP contribution in [-0.2, 0) is 16.9 Å². The number of amides is 1. The summed E-state index contributed by atoms with van der Waals surface area (Å²) in [6, 6.07) is 22.3. The number of halogens is 1. The Labute approximate surface area is 164 Å². The molecule has 3 aromatic rings. The number of carbonyl (C=O) groups excluding carboxylic acids is 1. The van der Waals surface area contributed by atoms with Gasteiger partial charge in [0, 0.05) is 12.6 Å². The monoisotopic (exact) mass is 374 g/mol. The molecule has 0 saturated carbocycles. The Morgan fingerprint density at radius 1 is 1.04 bits per heavy atom. The van der Waals surface area contributed by atoms with Gasteiger partial charge in [-0.15, -0.1) is 0 Å². The van der Waals surface area contributed by atoms with Crippen molar-refractivity contribution in [1.82, 2.24) is 4.90 Å². The van der Waals surface area contributed by atoms with Gasteiger partial charge in [-0.05, 0) is 53.8 Å². The van der Waals surface area contributed by atoms with Crippen molar-refractivity contribution < 1.29 is 9.18 Å². The van der Waals surface area contributed by atoms with Crippen molar-refractivity contribution in [2.45, 2.75) is 32.0 Å². The standard InChI is InChI=1S/C24H23FN2O/c1-16-8-6-7-11-21(16)24(23(26)28)22-14-19(25)12-13-20(22)17(2)27(24)15-18-9-4-3-5-10-18/h3-14,17H,15H2,1-2H3,(H2,26,28). The van der Waals surface area contributed by atoms with Gasteiger partial charge in [0.15, 0.2) is 5.54 Å². The van der Waals surface area contributed by atoms with Crippen molar-refractivity contribution in [3.63, 3.8) is 0 Å². The largest absolute Gasteiger partial charge is 0.367 e. The topological polar surface area (TPSA) is 46.3 Å². The highest BCUT2D eigenvalue weighted by Crippen LogP contribution is 2.51. The minimum absolute atomic E-state index is 0.0945. The van der Waals surface area contributed by atoms with Crippen LogP contribution in [0.2, 0.25) is 0 Å². The summed E-state index contributed by atoms with van der Waals surface area (Å²) in [6.07, 6.45) is 0. The van der Waals surface area contributed by atoms with Gasteiger partial charge < -0.3 is 5.73 Å². The number of rotatable bonds is 4. The molecule has 0 aromatic heterocycles. The highest BCUT2D eigenvalue weighted by Gasteiger charge is 2.54. The molecule has 2 unspecified atom stereocenters. The van der Waals surface area contributed by atoms with E-state index in [1.54, 1.807) is 6.07 Å². The summed E-state index contributed by atoms with van der Waals surface area (Å²) in [5, 5.41) is 0. The zero-order valence-electron chi connectivity index (χ0n) is 16.0. The Kier molecular flexibility index (Phi) is 4.52. The molecule has 142 valence electrons. The number of benzene rings is 3. The van der Waals surface area contributed by atoms with Crippen molar-refractivity contribution >= 4 is 5.91 Å². The number of nitrogens with zero attached hydrogens (tertiary/aromatic N) is 1. The molecule has 1 amide bonds. The lowest BCUT2D eigenvalue weighted by Crippen LogP contribution is -2.52. The Morgan fingerprint density at radius 3 is 2.39 bits per heavy atom. The maximum atomic E-state index is 14.3. The van der Waals surface area contributed by atoms with Crippen molar-refractivity contribution in [3.8, 4) is 0 Å². The zero-order valence-corrected chi connectivity index (χ0v) is 16.0. The number of carbonyl (C=O) groups is 1. The van der Waals surface area contributed by atoms with Crippen LogP contribution >= 0.6 is 0 Å². The quantitative estimate of drug-likeness (QED) is 0.734. The first-order valence-electron chi connectivity index (χ1n) is 9.43. The molecule has 0 aliphatic carbocycles. The molecule has 0 bridgehead atoms. The summed E-state index contributed by atoms with van der Waals surface area (Å²) in [7, 11) is 0. The van der Waals surface area contributed by atoms with E-state index in [-0.39, 0.29) is 11.9 Å². The molecule has 3 nitrogen and oxygen atoms in total. The lowest BCUT2D eigenvalue weighted by Gasteiger charge is -2.40. The molecule has 2 atom stereocenters. The number of fused-ring (bicyclic) bond motifs is 1. The summed E-state index contributed by atoms with van der Waals surface area (Å²) >= 11 is 0. The second-order valence-electron chi connectivity index (χ2n) is 7.41. The maximum absolute atomic E-state index is 14.3. The second-order valence-corrected chi connectivity index (χ2v) is 7.41. The summed E-state index contributed by atoms with van der Waals surface area (Å²) < 4.78 is 14.3. The third-order valence-electron chi connectivity index (χ3n) is 5.84. The third-order valence-corrected chi connectivity index (χ3v) is 5.84. The van der Waals surface area contributed by atoms with Gasteiger partial charge in [-0.2, -0.15) is 0 Å². The van der Waals surface area contributed by atoms with E-state index in [0.29, 0.717) is 12.1 Å². The minimum atomic E-state index is -1.22. The van der Waals surface area contributed by atoms with Crippen molar-refractivity contribution in [1.29, 1.82) is 0 Å². The van der Waals surface area contributed by atoms with E-state index in [0.717, 1.165) is 22.3 Å². The normalized spacial score (nSPS) is 21.5. The van der Waals surface area contributed by atoms with Gasteiger partial charge in [0.2, 0.25) is 5.91 Å². The fraction of sp³-hybridized carbons (Fsp3) is 0.208. The number of primary amides is 1. The molecule has 0 saturated heterocycles. The van der Waals surface area contributed by atoms with Crippen molar-refractivity contribution in [3.05, 3.63) is 106 Å². The fourth-order valence-corrected chi connectivity index (χ4v) is 4.54. The molecule has 1 aliphatic rings. The molecule has 4 heteroatoms. The van der Waals surface area contributed by atoms with Crippen LogP contribution in [0.3, 0.4) is 0 Å². The predicted molar refractivity (Wildman–Crippen MR) is 108 cm³/mol. The van der Waals surface area contributed by atoms with Crippen LogP contribution in [0.1, 0.15) is 40.8 Å². The summed E-state index contributed by atoms with van der Waals surface area (Å²) in [6.45, 7) is 4.53. The van der Waals surface area contributed by atoms with E-state index >= 15 is 0 Å². The van der Waals surface area contributed by atoms with Crippen LogP contribution < -0.4 is 5.73 Å². The predicted octanol–water partition coefficient (Wildman–Crippen LogP) is 4.44. The highest BCUT2D eigenvalue weighted by atomic mass is 19.1. The minimum Gasteiger partial charge on any atom is -0.367 e. The first-order chi connectivity index (χ1) is 13.5. The molecule has 28 heavy (non-hydrogen) atoms. The van der Waals surface area contributed by atoms with Gasteiger partial charge in [-0.3, -0.25) is 9.69 Å². The molecule has 3 aromatic carbocycles. The molecule has 0 radical (unpaired) electrons. The highest BCUT2D eigenvalue weighted by molar-refractivity contribution is 5.92. The molecular weight excluding hydrogens is 351 g/mol. The molecule has 1 aliphatic heterocycles. The van der Waals surface area contributed by atoms with E-state index in [2.05, 4.69) is 4.90 Å². The van der Waals surface area contributed by atoms with Crippen LogP contribution in [0.4, 0.5) is 4.39 Å². The van der Waals surface area contributed by atoms with Crippen LogP contribution in [0.25, 0.3) is 0 Å². The van der Waals surface area contributed by atoms with E-state index in [1.165, 1.54) is 12.1 Å². The second kappa shape index (κ2) is 6.88. The molecule has 2 N–H and O–H groups in total. The SMILES string of the molecule is Cc1ccccc1C1(C(N)=O)c2cc(F)ccc2C(C)N1Cc1ccccc1. The Morgan fingerprint density at radius 2 is 1.71 bits per heavy atom. The summed E-state index contributed by atoms with van der Waals surface area (Å²) in [4.78, 5) is 15.2. The first-order valence-corrected chi connectivity index (χ1v) is 9.43. The van der Waals surface area contributed by atoms with E-state index in [9.17, 15) is 9.18 Å². The zero-order chi connectivity index (χ0) is 19.9. The van der Waals surface area contributed by atoms with Crippen LogP contribution in [0.15, 0.2) is 72.8 Å². The van der Waals surface area contributed by atoms with Crippen LogP contribution in [-0.4, -0.2) is 10.8 Å². The van der Waals surface area contributed by atoms with Crippen LogP contribution in [0, 0.1) is 12.7 Å². The van der Waals surface area contributed by atoms with Crippen molar-refractivity contribution in [2.24, 2.45) is 5.73 Å². The summed E-state index contributed by atoms with van der Waals surface area (Å²) in [5.74, 6) is -0.861. The van der Waals surface area contributed by atoms with E-state index in [1.807, 2.05) is 68.4 Å².